The number of ether oxygens (including phenoxy) is 2. The number of sulfonamides is 1. The summed E-state index contributed by atoms with van der Waals surface area (Å²) in [6.45, 7) is 8.54. The predicted octanol–water partition coefficient (Wildman–Crippen LogP) is 6.27. The van der Waals surface area contributed by atoms with E-state index in [0.717, 1.165) is 22.3 Å². The molecule has 4 bridgehead atoms. The number of carbonyl (C=O) groups excluding carboxylic acids is 2. The maximum Gasteiger partial charge on any atom is 0.407 e. The molecule has 1 aliphatic heterocycles. The summed E-state index contributed by atoms with van der Waals surface area (Å²) in [5.74, 6) is -0.0678. The second kappa shape index (κ2) is 14.3. The lowest BCUT2D eigenvalue weighted by Crippen LogP contribution is -2.57. The fourth-order valence-corrected chi connectivity index (χ4v) is 7.45. The number of hydrogen-bond donors (Lipinski definition) is 2. The predicted molar refractivity (Wildman–Crippen MR) is 186 cm³/mol. The van der Waals surface area contributed by atoms with Crippen LogP contribution in [0.3, 0.4) is 0 Å². The number of carbonyl (C=O) groups is 2. The van der Waals surface area contributed by atoms with Crippen LogP contribution < -0.4 is 14.8 Å². The van der Waals surface area contributed by atoms with Crippen LogP contribution in [0.25, 0.3) is 11.3 Å². The number of nitrogens with one attached hydrogen (secondary N) is 2. The van der Waals surface area contributed by atoms with Gasteiger partial charge < -0.3 is 19.7 Å². The van der Waals surface area contributed by atoms with Crippen LogP contribution in [-0.2, 0) is 21.3 Å². The van der Waals surface area contributed by atoms with E-state index in [0.29, 0.717) is 31.5 Å². The molecule has 4 aromatic rings. The van der Waals surface area contributed by atoms with E-state index in [9.17, 15) is 18.0 Å². The van der Waals surface area contributed by atoms with Crippen molar-refractivity contribution in [3.63, 3.8) is 0 Å². The van der Waals surface area contributed by atoms with E-state index in [1.165, 1.54) is 12.1 Å². The second-order valence-electron chi connectivity index (χ2n) is 13.1. The lowest BCUT2D eigenvalue weighted by Gasteiger charge is -2.46. The fraction of sp³-hybridized carbons (Fsp3) is 0.351. The highest BCUT2D eigenvalue weighted by Gasteiger charge is 2.42. The van der Waals surface area contributed by atoms with Gasteiger partial charge in [0.25, 0.3) is 15.9 Å². The Morgan fingerprint density at radius 1 is 1.00 bits per heavy atom. The molecule has 2 heterocycles. The molecule has 1 atom stereocenters. The number of anilines is 1. The van der Waals surface area contributed by atoms with Crippen LogP contribution in [-0.4, -0.2) is 60.1 Å². The van der Waals surface area contributed by atoms with Gasteiger partial charge in [-0.1, -0.05) is 68.4 Å². The molecule has 0 unspecified atom stereocenters. The first-order valence-corrected chi connectivity index (χ1v) is 18.0. The number of fused-ring (bicyclic) bond motifs is 4. The molecule has 3 aromatic carbocycles. The second-order valence-corrected chi connectivity index (χ2v) is 14.8. The van der Waals surface area contributed by atoms with Gasteiger partial charge in [-0.15, -0.1) is 0 Å². The first-order valence-electron chi connectivity index (χ1n) is 16.5. The summed E-state index contributed by atoms with van der Waals surface area (Å²) < 4.78 is 41.8. The van der Waals surface area contributed by atoms with Crippen LogP contribution >= 0.6 is 0 Å². The van der Waals surface area contributed by atoms with E-state index < -0.39 is 16.1 Å². The van der Waals surface area contributed by atoms with E-state index in [-0.39, 0.29) is 58.9 Å². The quantitative estimate of drug-likeness (QED) is 0.233. The molecule has 1 saturated carbocycles. The highest BCUT2D eigenvalue weighted by molar-refractivity contribution is 7.92. The standard InChI is InChI=1S/C37H41N5O6S/c1-23(2)16-29-22-47-33-20-32(34-24(3)10-8-11-25(34)4)39-36(40-33)41-49(45,46)31-15-9-14-27(17-31)35(43)42(29)28-18-30(19-28)48-37(44)38-21-26-12-6-5-7-13-26/h5-15,17,20,23,28-30H,16,18-19,21-22H2,1-4H3,(H,38,44)(H,39,40,41)/t28?,29-,30?/m1/s1. The topological polar surface area (TPSA) is 140 Å². The number of amides is 2. The van der Waals surface area contributed by atoms with Crippen LogP contribution in [0.1, 0.15) is 60.2 Å². The monoisotopic (exact) mass is 683 g/mol. The van der Waals surface area contributed by atoms with Crippen molar-refractivity contribution in [2.75, 3.05) is 11.3 Å². The van der Waals surface area contributed by atoms with Gasteiger partial charge in [0.15, 0.2) is 0 Å². The third-order valence-electron chi connectivity index (χ3n) is 8.87. The fourth-order valence-electron chi connectivity index (χ4n) is 6.46. The van der Waals surface area contributed by atoms with Gasteiger partial charge >= 0.3 is 6.09 Å². The van der Waals surface area contributed by atoms with E-state index in [2.05, 4.69) is 33.9 Å². The summed E-state index contributed by atoms with van der Waals surface area (Å²) in [5.41, 5.74) is 4.48. The van der Waals surface area contributed by atoms with E-state index in [1.54, 1.807) is 23.1 Å². The molecular formula is C37H41N5O6S. The number of alkyl carbamates (subject to hydrolysis) is 1. The van der Waals surface area contributed by atoms with Gasteiger partial charge in [0, 0.05) is 42.6 Å². The smallest absolute Gasteiger partial charge is 0.407 e. The molecule has 1 aliphatic carbocycles. The van der Waals surface area contributed by atoms with Gasteiger partial charge in [0.05, 0.1) is 16.6 Å². The third kappa shape index (κ3) is 7.86. The van der Waals surface area contributed by atoms with Crippen molar-refractivity contribution in [2.24, 2.45) is 5.92 Å². The number of benzene rings is 3. The number of aryl methyl sites for hydroxylation is 2. The van der Waals surface area contributed by atoms with Crippen molar-refractivity contribution in [1.29, 1.82) is 0 Å². The van der Waals surface area contributed by atoms with Crippen LogP contribution in [0.5, 0.6) is 5.88 Å². The third-order valence-corrected chi connectivity index (χ3v) is 10.2. The molecule has 2 aliphatic rings. The first-order chi connectivity index (χ1) is 23.5. The maximum absolute atomic E-state index is 14.3. The van der Waals surface area contributed by atoms with Crippen molar-refractivity contribution in [3.8, 4) is 17.1 Å². The molecule has 11 nitrogen and oxygen atoms in total. The molecule has 0 saturated heterocycles. The molecular weight excluding hydrogens is 643 g/mol. The number of aromatic nitrogens is 2. The van der Waals surface area contributed by atoms with Crippen LogP contribution in [0, 0.1) is 19.8 Å². The van der Waals surface area contributed by atoms with Gasteiger partial charge in [-0.3, -0.25) is 4.79 Å². The van der Waals surface area contributed by atoms with Crippen LogP contribution in [0.15, 0.2) is 83.8 Å². The minimum absolute atomic E-state index is 0.0913. The van der Waals surface area contributed by atoms with Gasteiger partial charge in [-0.25, -0.2) is 22.9 Å². The van der Waals surface area contributed by atoms with E-state index in [4.69, 9.17) is 9.47 Å². The molecule has 1 aromatic heterocycles. The Bertz CT molecular complexity index is 1930. The normalized spacial score (nSPS) is 20.1. The lowest BCUT2D eigenvalue weighted by molar-refractivity contribution is -0.0272. The molecule has 1 fully saturated rings. The summed E-state index contributed by atoms with van der Waals surface area (Å²) in [6, 6.07) is 22.5. The number of nitrogens with zero attached hydrogens (tertiary/aromatic N) is 3. The summed E-state index contributed by atoms with van der Waals surface area (Å²) in [7, 11) is -4.18. The molecule has 12 heteroatoms. The van der Waals surface area contributed by atoms with E-state index in [1.807, 2.05) is 62.4 Å². The van der Waals surface area contributed by atoms with Crippen LogP contribution in [0.2, 0.25) is 0 Å². The summed E-state index contributed by atoms with van der Waals surface area (Å²) >= 11 is 0. The Kier molecular flexibility index (Phi) is 9.86. The molecule has 6 rings (SSSR count). The van der Waals surface area contributed by atoms with Gasteiger partial charge in [-0.2, -0.15) is 4.98 Å². The molecule has 2 N–H and O–H groups in total. The SMILES string of the molecule is Cc1cccc(C)c1-c1cc2nc(n1)NS(=O)(=O)c1cccc(c1)C(=O)N(C1CC(OC(=O)NCc3ccccc3)C1)[C@H](CC(C)C)CO2. The summed E-state index contributed by atoms with van der Waals surface area (Å²) in [6.07, 6.45) is 0.595. The Labute approximate surface area is 287 Å². The number of hydrogen-bond acceptors (Lipinski definition) is 8. The number of rotatable bonds is 7. The average Bonchev–Trinajstić information content (AvgIpc) is 3.04. The highest BCUT2D eigenvalue weighted by atomic mass is 32.2. The van der Waals surface area contributed by atoms with Crippen molar-refractivity contribution in [3.05, 3.63) is 101 Å². The van der Waals surface area contributed by atoms with Crippen molar-refractivity contribution >= 4 is 28.0 Å². The van der Waals surface area contributed by atoms with Gasteiger partial charge in [0.2, 0.25) is 11.8 Å². The first kappa shape index (κ1) is 33.9. The highest BCUT2D eigenvalue weighted by Crippen LogP contribution is 2.34. The zero-order valence-corrected chi connectivity index (χ0v) is 28.9. The maximum atomic E-state index is 14.3. The minimum atomic E-state index is -4.18. The van der Waals surface area contributed by atoms with Crippen molar-refractivity contribution in [2.45, 2.75) is 76.6 Å². The van der Waals surface area contributed by atoms with E-state index >= 15 is 0 Å². The zero-order chi connectivity index (χ0) is 34.7. The molecule has 0 spiro atoms. The van der Waals surface area contributed by atoms with Crippen LogP contribution in [0.4, 0.5) is 10.7 Å². The summed E-state index contributed by atoms with van der Waals surface area (Å²) in [5, 5.41) is 2.79. The molecule has 256 valence electrons. The molecule has 2 amide bonds. The Balaban J connectivity index is 1.31. The van der Waals surface area contributed by atoms with Gasteiger partial charge in [-0.05, 0) is 61.1 Å². The average molecular weight is 684 g/mol. The van der Waals surface area contributed by atoms with Crippen molar-refractivity contribution < 1.29 is 27.5 Å². The van der Waals surface area contributed by atoms with Crippen molar-refractivity contribution in [1.82, 2.24) is 20.2 Å². The molecule has 49 heavy (non-hydrogen) atoms. The Morgan fingerprint density at radius 2 is 1.71 bits per heavy atom. The zero-order valence-electron chi connectivity index (χ0n) is 28.0. The minimum Gasteiger partial charge on any atom is -0.475 e. The largest absolute Gasteiger partial charge is 0.475 e. The lowest BCUT2D eigenvalue weighted by atomic mass is 9.85. The molecule has 0 radical (unpaired) electrons. The van der Waals surface area contributed by atoms with Gasteiger partial charge in [0.1, 0.15) is 12.7 Å². The Morgan fingerprint density at radius 3 is 2.43 bits per heavy atom. The summed E-state index contributed by atoms with van der Waals surface area (Å²) in [4.78, 5) is 37.7. The Hall–Kier alpha value is -4.97.